The first-order chi connectivity index (χ1) is 11.6. The lowest BCUT2D eigenvalue weighted by Crippen LogP contribution is -2.33. The zero-order valence-electron chi connectivity index (χ0n) is 13.5. The number of oxime groups is 1. The molecule has 1 unspecified atom stereocenters. The van der Waals surface area contributed by atoms with E-state index in [4.69, 9.17) is 10.6 Å². The van der Waals surface area contributed by atoms with Crippen molar-refractivity contribution in [2.24, 2.45) is 10.9 Å². The second-order valence-corrected chi connectivity index (χ2v) is 8.45. The molecular weight excluding hydrogens is 416 g/mol. The van der Waals surface area contributed by atoms with Gasteiger partial charge < -0.3 is 15.9 Å². The van der Waals surface area contributed by atoms with Crippen molar-refractivity contribution >= 4 is 43.5 Å². The van der Waals surface area contributed by atoms with E-state index in [1.807, 2.05) is 0 Å². The van der Waals surface area contributed by atoms with E-state index >= 15 is 0 Å². The normalized spacial score (nSPS) is 17.1. The van der Waals surface area contributed by atoms with Gasteiger partial charge in [0.15, 0.2) is 6.10 Å². The van der Waals surface area contributed by atoms with Crippen LogP contribution < -0.4 is 11.1 Å². The van der Waals surface area contributed by atoms with Crippen LogP contribution in [0.5, 0.6) is 0 Å². The Morgan fingerprint density at radius 1 is 1.44 bits per heavy atom. The van der Waals surface area contributed by atoms with Gasteiger partial charge in [-0.2, -0.15) is 0 Å². The lowest BCUT2D eigenvalue weighted by molar-refractivity contribution is -0.112. The number of benzene rings is 1. The monoisotopic (exact) mass is 432 g/mol. The van der Waals surface area contributed by atoms with Crippen molar-refractivity contribution in [3.05, 3.63) is 28.2 Å². The molecule has 1 atom stereocenters. The average Bonchev–Trinajstić information content (AvgIpc) is 3.02. The molecule has 0 fully saturated rings. The quantitative estimate of drug-likeness (QED) is 0.655. The molecule has 0 bridgehead atoms. The zero-order valence-corrected chi connectivity index (χ0v) is 15.9. The summed E-state index contributed by atoms with van der Waals surface area (Å²) in [4.78, 5) is 28.2. The van der Waals surface area contributed by atoms with Crippen molar-refractivity contribution in [1.29, 1.82) is 0 Å². The van der Waals surface area contributed by atoms with Crippen molar-refractivity contribution in [3.8, 4) is 0 Å². The van der Waals surface area contributed by atoms with Crippen LogP contribution in [-0.2, 0) is 19.7 Å². The third-order valence-electron chi connectivity index (χ3n) is 3.46. The summed E-state index contributed by atoms with van der Waals surface area (Å²) in [6.07, 6.45) is -0.289. The lowest BCUT2D eigenvalue weighted by atomic mass is 10.1. The van der Waals surface area contributed by atoms with Gasteiger partial charge in [0, 0.05) is 30.6 Å². The SMILES string of the molecule is CN(C)S(=O)(=O)c1cc(C(=O)NCC2CC(C(N)=O)=NO2)ccc1Br. The number of carbonyl (C=O) groups is 2. The van der Waals surface area contributed by atoms with Gasteiger partial charge in [0.2, 0.25) is 10.0 Å². The zero-order chi connectivity index (χ0) is 18.8. The van der Waals surface area contributed by atoms with Crippen molar-refractivity contribution in [3.63, 3.8) is 0 Å². The molecule has 1 heterocycles. The molecule has 0 aromatic heterocycles. The molecule has 0 radical (unpaired) electrons. The maximum absolute atomic E-state index is 12.3. The van der Waals surface area contributed by atoms with Crippen LogP contribution in [0.4, 0.5) is 0 Å². The summed E-state index contributed by atoms with van der Waals surface area (Å²) >= 11 is 3.18. The van der Waals surface area contributed by atoms with Gasteiger partial charge >= 0.3 is 0 Å². The first kappa shape index (κ1) is 19.3. The topological polar surface area (TPSA) is 131 Å². The fourth-order valence-electron chi connectivity index (χ4n) is 2.03. The minimum absolute atomic E-state index is 0.0124. The third-order valence-corrected chi connectivity index (χ3v) is 6.27. The highest BCUT2D eigenvalue weighted by Crippen LogP contribution is 2.25. The standard InChI is InChI=1S/C14H17BrN4O5S/c1-19(2)25(22,23)12-5-8(3-4-10(12)15)14(21)17-7-9-6-11(13(16)20)18-24-9/h3-5,9H,6-7H2,1-2H3,(H2,16,20)(H,17,21). The van der Waals surface area contributed by atoms with Gasteiger partial charge in [-0.25, -0.2) is 12.7 Å². The van der Waals surface area contributed by atoms with Gasteiger partial charge in [-0.3, -0.25) is 9.59 Å². The Hall–Kier alpha value is -1.98. The molecule has 2 rings (SSSR count). The van der Waals surface area contributed by atoms with Crippen LogP contribution in [-0.4, -0.2) is 57.0 Å². The van der Waals surface area contributed by atoms with E-state index in [1.54, 1.807) is 0 Å². The fourth-order valence-corrected chi connectivity index (χ4v) is 3.87. The van der Waals surface area contributed by atoms with E-state index in [-0.39, 0.29) is 29.1 Å². The number of carbonyl (C=O) groups excluding carboxylic acids is 2. The first-order valence-electron chi connectivity index (χ1n) is 7.15. The van der Waals surface area contributed by atoms with E-state index in [1.165, 1.54) is 32.3 Å². The van der Waals surface area contributed by atoms with E-state index in [9.17, 15) is 18.0 Å². The molecule has 0 saturated heterocycles. The Labute approximate surface area is 153 Å². The summed E-state index contributed by atoms with van der Waals surface area (Å²) in [5.41, 5.74) is 5.39. The Morgan fingerprint density at radius 2 is 2.12 bits per heavy atom. The highest BCUT2D eigenvalue weighted by atomic mass is 79.9. The molecule has 1 aromatic rings. The smallest absolute Gasteiger partial charge is 0.266 e. The Bertz CT molecular complexity index is 838. The molecule has 25 heavy (non-hydrogen) atoms. The number of halogens is 1. The van der Waals surface area contributed by atoms with E-state index < -0.39 is 27.9 Å². The van der Waals surface area contributed by atoms with E-state index in [0.717, 1.165) is 4.31 Å². The molecule has 0 aliphatic carbocycles. The summed E-state index contributed by atoms with van der Waals surface area (Å²) < 4.78 is 26.0. The van der Waals surface area contributed by atoms with Crippen LogP contribution in [0, 0.1) is 0 Å². The van der Waals surface area contributed by atoms with Crippen LogP contribution in [0.1, 0.15) is 16.8 Å². The number of hydrogen-bond acceptors (Lipinski definition) is 6. The Morgan fingerprint density at radius 3 is 2.68 bits per heavy atom. The number of amides is 2. The van der Waals surface area contributed by atoms with Gasteiger partial charge in [0.25, 0.3) is 11.8 Å². The summed E-state index contributed by atoms with van der Waals surface area (Å²) in [6, 6.07) is 4.27. The number of nitrogens with one attached hydrogen (secondary N) is 1. The third kappa shape index (κ3) is 4.35. The lowest BCUT2D eigenvalue weighted by Gasteiger charge is -2.14. The van der Waals surface area contributed by atoms with Crippen molar-refractivity contribution in [1.82, 2.24) is 9.62 Å². The minimum atomic E-state index is -3.70. The second-order valence-electron chi connectivity index (χ2n) is 5.48. The average molecular weight is 433 g/mol. The van der Waals surface area contributed by atoms with Gasteiger partial charge in [0.1, 0.15) is 5.71 Å². The molecule has 1 aliphatic heterocycles. The molecule has 2 amide bonds. The molecule has 11 heteroatoms. The molecule has 0 spiro atoms. The van der Waals surface area contributed by atoms with Crippen LogP contribution in [0.25, 0.3) is 0 Å². The summed E-state index contributed by atoms with van der Waals surface area (Å²) in [5.74, 6) is -1.14. The Balaban J connectivity index is 2.07. The molecule has 136 valence electrons. The van der Waals surface area contributed by atoms with Crippen LogP contribution in [0.2, 0.25) is 0 Å². The summed E-state index contributed by atoms with van der Waals surface area (Å²) in [6.45, 7) is 0.102. The van der Waals surface area contributed by atoms with Crippen molar-refractivity contribution in [2.75, 3.05) is 20.6 Å². The highest BCUT2D eigenvalue weighted by Gasteiger charge is 2.26. The number of primary amides is 1. The summed E-state index contributed by atoms with van der Waals surface area (Å²) in [5, 5.41) is 6.16. The second kappa shape index (κ2) is 7.50. The van der Waals surface area contributed by atoms with Crippen molar-refractivity contribution < 1.29 is 22.8 Å². The highest BCUT2D eigenvalue weighted by molar-refractivity contribution is 9.10. The predicted octanol–water partition coefficient (Wildman–Crippen LogP) is 0.0594. The maximum atomic E-state index is 12.3. The van der Waals surface area contributed by atoms with Crippen LogP contribution in [0.3, 0.4) is 0 Å². The van der Waals surface area contributed by atoms with Gasteiger partial charge in [-0.05, 0) is 34.1 Å². The van der Waals surface area contributed by atoms with Gasteiger partial charge in [0.05, 0.1) is 11.4 Å². The first-order valence-corrected chi connectivity index (χ1v) is 9.39. The van der Waals surface area contributed by atoms with Gasteiger partial charge in [-0.15, -0.1) is 0 Å². The number of hydrogen-bond donors (Lipinski definition) is 2. The number of sulfonamides is 1. The fraction of sp³-hybridized carbons (Fsp3) is 0.357. The number of nitrogens with zero attached hydrogens (tertiary/aromatic N) is 2. The number of nitrogens with two attached hydrogens (primary N) is 1. The van der Waals surface area contributed by atoms with E-state index in [0.29, 0.717) is 4.47 Å². The van der Waals surface area contributed by atoms with E-state index in [2.05, 4.69) is 26.4 Å². The van der Waals surface area contributed by atoms with Gasteiger partial charge in [-0.1, -0.05) is 5.16 Å². The number of rotatable bonds is 6. The predicted molar refractivity (Wildman–Crippen MR) is 93.5 cm³/mol. The molecule has 0 saturated carbocycles. The van der Waals surface area contributed by atoms with Crippen molar-refractivity contribution in [2.45, 2.75) is 17.4 Å². The molecule has 3 N–H and O–H groups in total. The molecule has 9 nitrogen and oxygen atoms in total. The summed E-state index contributed by atoms with van der Waals surface area (Å²) in [7, 11) is -0.889. The molecule has 1 aliphatic rings. The maximum Gasteiger partial charge on any atom is 0.266 e. The molecular formula is C14H17BrN4O5S. The Kier molecular flexibility index (Phi) is 5.80. The minimum Gasteiger partial charge on any atom is -0.390 e. The van der Waals surface area contributed by atoms with Crippen LogP contribution in [0.15, 0.2) is 32.7 Å². The molecule has 1 aromatic carbocycles. The largest absolute Gasteiger partial charge is 0.390 e. The van der Waals surface area contributed by atoms with Crippen LogP contribution >= 0.6 is 15.9 Å².